The minimum absolute atomic E-state index is 0.0945. The molecule has 32 heavy (non-hydrogen) atoms. The first kappa shape index (κ1) is 21.7. The number of para-hydroxylation sites is 1. The number of nitro groups is 1. The highest BCUT2D eigenvalue weighted by atomic mass is 35.5. The molecule has 2 heterocycles. The van der Waals surface area contributed by atoms with E-state index in [1.807, 2.05) is 0 Å². The number of nitrogens with one attached hydrogen (secondary N) is 1. The fourth-order valence-corrected chi connectivity index (χ4v) is 3.75. The molecule has 0 radical (unpaired) electrons. The summed E-state index contributed by atoms with van der Waals surface area (Å²) in [6, 6.07) is 13.7. The van der Waals surface area contributed by atoms with Crippen molar-refractivity contribution in [1.82, 2.24) is 5.32 Å². The maximum atomic E-state index is 13.1. The number of rotatable bonds is 4. The topological polar surface area (TPSA) is 106 Å². The molecule has 1 N–H and O–H groups in total. The minimum atomic E-state index is -0.730. The number of nitro benzene ring substituents is 1. The number of thiocarbonyl (C=S) groups is 1. The van der Waals surface area contributed by atoms with Crippen molar-refractivity contribution in [2.75, 3.05) is 4.90 Å². The molecule has 1 aliphatic heterocycles. The van der Waals surface area contributed by atoms with Crippen LogP contribution >= 0.6 is 35.4 Å². The highest BCUT2D eigenvalue weighted by Gasteiger charge is 2.36. The van der Waals surface area contributed by atoms with Gasteiger partial charge in [0.1, 0.15) is 17.1 Å². The van der Waals surface area contributed by atoms with Gasteiger partial charge in [0.05, 0.1) is 26.2 Å². The van der Waals surface area contributed by atoms with E-state index in [-0.39, 0.29) is 49.2 Å². The van der Waals surface area contributed by atoms with Crippen LogP contribution in [0.5, 0.6) is 0 Å². The summed E-state index contributed by atoms with van der Waals surface area (Å²) in [4.78, 5) is 37.4. The number of anilines is 1. The molecule has 0 spiro atoms. The first-order valence-electron chi connectivity index (χ1n) is 8.97. The van der Waals surface area contributed by atoms with Gasteiger partial charge in [-0.05, 0) is 48.6 Å². The summed E-state index contributed by atoms with van der Waals surface area (Å²) >= 11 is 17.4. The normalized spacial score (nSPS) is 15.2. The SMILES string of the molecule is O=C1NC(=S)N(c2cccc(Cl)c2Cl)C(=O)C1=Cc1ccc(-c2ccccc2[N+](=O)[O-])o1. The predicted molar refractivity (Wildman–Crippen MR) is 123 cm³/mol. The number of amides is 2. The average Bonchev–Trinajstić information content (AvgIpc) is 3.22. The minimum Gasteiger partial charge on any atom is -0.456 e. The molecule has 1 fully saturated rings. The number of furan rings is 1. The molecule has 0 aliphatic carbocycles. The van der Waals surface area contributed by atoms with Gasteiger partial charge in [0.2, 0.25) is 0 Å². The molecule has 8 nitrogen and oxygen atoms in total. The van der Waals surface area contributed by atoms with Crippen molar-refractivity contribution in [3.63, 3.8) is 0 Å². The lowest BCUT2D eigenvalue weighted by molar-refractivity contribution is -0.384. The van der Waals surface area contributed by atoms with E-state index in [2.05, 4.69) is 5.32 Å². The molecule has 3 aromatic rings. The third-order valence-corrected chi connectivity index (χ3v) is 5.65. The molecule has 0 atom stereocenters. The van der Waals surface area contributed by atoms with Gasteiger partial charge in [-0.3, -0.25) is 29.9 Å². The van der Waals surface area contributed by atoms with E-state index in [0.29, 0.717) is 0 Å². The standard InChI is InChI=1S/C21H11Cl2N3O5S/c22-14-5-3-7-16(18(14)23)25-20(28)13(19(27)24-21(25)32)10-11-8-9-17(31-11)12-4-1-2-6-15(12)26(29)30/h1-10H,(H,24,27,32). The fourth-order valence-electron chi connectivity index (χ4n) is 3.10. The van der Waals surface area contributed by atoms with Crippen LogP contribution in [0.2, 0.25) is 10.0 Å². The Morgan fingerprint density at radius 3 is 2.56 bits per heavy atom. The summed E-state index contributed by atoms with van der Waals surface area (Å²) in [6.07, 6.45) is 1.23. The second kappa shape index (κ2) is 8.54. The lowest BCUT2D eigenvalue weighted by Gasteiger charge is -2.29. The van der Waals surface area contributed by atoms with E-state index in [0.717, 1.165) is 4.90 Å². The monoisotopic (exact) mass is 487 g/mol. The fraction of sp³-hybridized carbons (Fsp3) is 0. The van der Waals surface area contributed by atoms with Crippen molar-refractivity contribution in [3.8, 4) is 11.3 Å². The van der Waals surface area contributed by atoms with E-state index in [1.165, 1.54) is 42.5 Å². The molecule has 4 rings (SSSR count). The first-order valence-corrected chi connectivity index (χ1v) is 10.1. The van der Waals surface area contributed by atoms with Crippen LogP contribution in [0, 0.1) is 10.1 Å². The van der Waals surface area contributed by atoms with E-state index in [4.69, 9.17) is 39.8 Å². The largest absolute Gasteiger partial charge is 0.456 e. The van der Waals surface area contributed by atoms with E-state index in [1.54, 1.807) is 18.2 Å². The molecule has 2 amide bonds. The van der Waals surface area contributed by atoms with Crippen molar-refractivity contribution < 1.29 is 18.9 Å². The molecule has 2 aromatic carbocycles. The third-order valence-electron chi connectivity index (χ3n) is 4.55. The number of nitrogens with zero attached hydrogens (tertiary/aromatic N) is 2. The third kappa shape index (κ3) is 3.89. The first-order chi connectivity index (χ1) is 15.3. The van der Waals surface area contributed by atoms with Gasteiger partial charge in [-0.1, -0.05) is 41.4 Å². The number of carbonyl (C=O) groups is 2. The Bertz CT molecular complexity index is 1330. The van der Waals surface area contributed by atoms with Gasteiger partial charge >= 0.3 is 0 Å². The lowest BCUT2D eigenvalue weighted by atomic mass is 10.1. The molecule has 0 saturated carbocycles. The van der Waals surface area contributed by atoms with Crippen LogP contribution < -0.4 is 10.2 Å². The smallest absolute Gasteiger partial charge is 0.280 e. The van der Waals surface area contributed by atoms with Gasteiger partial charge < -0.3 is 4.42 Å². The van der Waals surface area contributed by atoms with Crippen molar-refractivity contribution in [1.29, 1.82) is 0 Å². The summed E-state index contributed by atoms with van der Waals surface area (Å²) in [5.41, 5.74) is 0.0629. The zero-order chi connectivity index (χ0) is 23.0. The van der Waals surface area contributed by atoms with E-state index >= 15 is 0 Å². The maximum Gasteiger partial charge on any atom is 0.280 e. The number of hydrogen-bond acceptors (Lipinski definition) is 6. The van der Waals surface area contributed by atoms with Crippen LogP contribution in [0.3, 0.4) is 0 Å². The summed E-state index contributed by atoms with van der Waals surface area (Å²) in [6.45, 7) is 0. The van der Waals surface area contributed by atoms with Crippen molar-refractivity contribution in [2.45, 2.75) is 0 Å². The molecule has 1 saturated heterocycles. The number of benzene rings is 2. The summed E-state index contributed by atoms with van der Waals surface area (Å²) in [5, 5.41) is 13.9. The zero-order valence-corrected chi connectivity index (χ0v) is 18.2. The van der Waals surface area contributed by atoms with Crippen LogP contribution in [-0.4, -0.2) is 21.9 Å². The quantitative estimate of drug-likeness (QED) is 0.182. The highest BCUT2D eigenvalue weighted by Crippen LogP contribution is 2.35. The molecule has 11 heteroatoms. The Balaban J connectivity index is 1.72. The molecule has 1 aliphatic rings. The molecule has 1 aromatic heterocycles. The van der Waals surface area contributed by atoms with Crippen LogP contribution in [-0.2, 0) is 9.59 Å². The average molecular weight is 488 g/mol. The Labute approximate surface area is 196 Å². The van der Waals surface area contributed by atoms with Gasteiger partial charge in [-0.25, -0.2) is 0 Å². The van der Waals surface area contributed by atoms with Gasteiger partial charge in [-0.15, -0.1) is 0 Å². The number of halogens is 2. The Kier molecular flexibility index (Phi) is 5.79. The summed E-state index contributed by atoms with van der Waals surface area (Å²) in [5.74, 6) is -1.11. The number of hydrogen-bond donors (Lipinski definition) is 1. The second-order valence-corrected chi connectivity index (χ2v) is 7.68. The van der Waals surface area contributed by atoms with Gasteiger partial charge in [0, 0.05) is 6.07 Å². The molecule has 0 unspecified atom stereocenters. The lowest BCUT2D eigenvalue weighted by Crippen LogP contribution is -2.54. The Morgan fingerprint density at radius 1 is 1.06 bits per heavy atom. The van der Waals surface area contributed by atoms with E-state index in [9.17, 15) is 19.7 Å². The number of carbonyl (C=O) groups excluding carboxylic acids is 2. The molecular formula is C21H11Cl2N3O5S. The van der Waals surface area contributed by atoms with E-state index < -0.39 is 16.7 Å². The molecular weight excluding hydrogens is 477 g/mol. The molecule has 160 valence electrons. The summed E-state index contributed by atoms with van der Waals surface area (Å²) < 4.78 is 5.66. The van der Waals surface area contributed by atoms with Gasteiger partial charge in [-0.2, -0.15) is 0 Å². The predicted octanol–water partition coefficient (Wildman–Crippen LogP) is 4.99. The van der Waals surface area contributed by atoms with Crippen molar-refractivity contribution >= 4 is 69.8 Å². The second-order valence-electron chi connectivity index (χ2n) is 6.51. The Hall–Kier alpha value is -3.53. The van der Waals surface area contributed by atoms with Crippen molar-refractivity contribution in [3.05, 3.63) is 86.1 Å². The highest BCUT2D eigenvalue weighted by molar-refractivity contribution is 7.80. The van der Waals surface area contributed by atoms with Crippen LogP contribution in [0.25, 0.3) is 17.4 Å². The Morgan fingerprint density at radius 2 is 1.81 bits per heavy atom. The van der Waals surface area contributed by atoms with Crippen LogP contribution in [0.4, 0.5) is 11.4 Å². The summed E-state index contributed by atoms with van der Waals surface area (Å²) in [7, 11) is 0. The van der Waals surface area contributed by atoms with Gasteiger partial charge in [0.15, 0.2) is 5.11 Å². The van der Waals surface area contributed by atoms with Crippen molar-refractivity contribution in [2.24, 2.45) is 0 Å². The van der Waals surface area contributed by atoms with Crippen LogP contribution in [0.15, 0.2) is 64.6 Å². The van der Waals surface area contributed by atoms with Gasteiger partial charge in [0.25, 0.3) is 17.5 Å². The maximum absolute atomic E-state index is 13.1. The molecule has 0 bridgehead atoms. The van der Waals surface area contributed by atoms with Crippen LogP contribution in [0.1, 0.15) is 5.76 Å². The zero-order valence-electron chi connectivity index (χ0n) is 15.9.